The summed E-state index contributed by atoms with van der Waals surface area (Å²) < 4.78 is 5.22. The third-order valence-electron chi connectivity index (χ3n) is 4.52. The number of guanidine groups is 1. The van der Waals surface area contributed by atoms with Crippen LogP contribution in [0.25, 0.3) is 0 Å². The van der Waals surface area contributed by atoms with Crippen LogP contribution in [0.3, 0.4) is 0 Å². The molecular formula is C23H33IN4O2. The molecule has 0 aliphatic rings. The second-order valence-corrected chi connectivity index (χ2v) is 7.09. The molecule has 6 nitrogen and oxygen atoms in total. The van der Waals surface area contributed by atoms with E-state index < -0.39 is 0 Å². The summed E-state index contributed by atoms with van der Waals surface area (Å²) in [5.74, 6) is 1.73. The first kappa shape index (κ1) is 25.7. The monoisotopic (exact) mass is 524 g/mol. The molecule has 0 aliphatic heterocycles. The molecule has 0 aromatic heterocycles. The van der Waals surface area contributed by atoms with Crippen LogP contribution < -0.4 is 10.1 Å². The van der Waals surface area contributed by atoms with Crippen LogP contribution in [-0.4, -0.2) is 63.0 Å². The third kappa shape index (κ3) is 7.85. The number of rotatable bonds is 8. The number of hydrogen-bond donors (Lipinski definition) is 1. The number of aliphatic imine (C=N–C) groups is 1. The Kier molecular flexibility index (Phi) is 11.2. The van der Waals surface area contributed by atoms with E-state index in [2.05, 4.69) is 29.3 Å². The number of halogens is 1. The van der Waals surface area contributed by atoms with E-state index >= 15 is 0 Å². The molecule has 0 spiro atoms. The van der Waals surface area contributed by atoms with Crippen molar-refractivity contribution in [1.29, 1.82) is 0 Å². The summed E-state index contributed by atoms with van der Waals surface area (Å²) in [5.41, 5.74) is 3.00. The molecule has 0 atom stereocenters. The highest BCUT2D eigenvalue weighted by atomic mass is 127. The first-order chi connectivity index (χ1) is 13.9. The SMILES string of the molecule is CCNC(=NCCc1cccc(C(=O)N(C)C)c1)N(C)Cc1ccc(OC)cc1.I. The smallest absolute Gasteiger partial charge is 0.253 e. The van der Waals surface area contributed by atoms with E-state index in [0.29, 0.717) is 12.1 Å². The van der Waals surface area contributed by atoms with Gasteiger partial charge in [-0.3, -0.25) is 9.79 Å². The Morgan fingerprint density at radius 2 is 1.77 bits per heavy atom. The molecule has 2 aromatic rings. The van der Waals surface area contributed by atoms with Crippen LogP contribution in [0.2, 0.25) is 0 Å². The fourth-order valence-corrected chi connectivity index (χ4v) is 2.96. The van der Waals surface area contributed by atoms with Gasteiger partial charge < -0.3 is 19.9 Å². The largest absolute Gasteiger partial charge is 0.497 e. The highest BCUT2D eigenvalue weighted by molar-refractivity contribution is 14.0. The maximum Gasteiger partial charge on any atom is 0.253 e. The maximum atomic E-state index is 12.1. The van der Waals surface area contributed by atoms with Crippen LogP contribution in [0, 0.1) is 0 Å². The van der Waals surface area contributed by atoms with Gasteiger partial charge in [0.2, 0.25) is 0 Å². The number of carbonyl (C=O) groups excluding carboxylic acids is 1. The fourth-order valence-electron chi connectivity index (χ4n) is 2.96. The lowest BCUT2D eigenvalue weighted by Gasteiger charge is -2.22. The molecule has 1 amide bonds. The minimum Gasteiger partial charge on any atom is -0.497 e. The number of amides is 1. The van der Waals surface area contributed by atoms with Crippen molar-refractivity contribution in [2.24, 2.45) is 4.99 Å². The molecule has 0 heterocycles. The van der Waals surface area contributed by atoms with Gasteiger partial charge in [-0.1, -0.05) is 24.3 Å². The van der Waals surface area contributed by atoms with Gasteiger partial charge in [0.1, 0.15) is 5.75 Å². The highest BCUT2D eigenvalue weighted by Gasteiger charge is 2.09. The lowest BCUT2D eigenvalue weighted by atomic mass is 10.1. The molecule has 0 radical (unpaired) electrons. The van der Waals surface area contributed by atoms with Gasteiger partial charge >= 0.3 is 0 Å². The van der Waals surface area contributed by atoms with Crippen LogP contribution in [0.15, 0.2) is 53.5 Å². The summed E-state index contributed by atoms with van der Waals surface area (Å²) in [6.07, 6.45) is 0.778. The summed E-state index contributed by atoms with van der Waals surface area (Å²) in [6, 6.07) is 15.8. The molecule has 164 valence electrons. The molecular weight excluding hydrogens is 491 g/mol. The van der Waals surface area contributed by atoms with Crippen LogP contribution in [0.5, 0.6) is 5.75 Å². The maximum absolute atomic E-state index is 12.1. The minimum absolute atomic E-state index is 0. The predicted molar refractivity (Wildman–Crippen MR) is 134 cm³/mol. The van der Waals surface area contributed by atoms with Crippen molar-refractivity contribution < 1.29 is 9.53 Å². The van der Waals surface area contributed by atoms with E-state index in [9.17, 15) is 4.79 Å². The Balaban J connectivity index is 0.00000450. The van der Waals surface area contributed by atoms with Gasteiger partial charge in [0.25, 0.3) is 5.91 Å². The summed E-state index contributed by atoms with van der Waals surface area (Å²) in [7, 11) is 7.23. The van der Waals surface area contributed by atoms with Crippen LogP contribution in [-0.2, 0) is 13.0 Å². The van der Waals surface area contributed by atoms with Crippen LogP contribution in [0.1, 0.15) is 28.4 Å². The van der Waals surface area contributed by atoms with Gasteiger partial charge in [-0.15, -0.1) is 24.0 Å². The van der Waals surface area contributed by atoms with E-state index in [1.807, 2.05) is 43.4 Å². The Bertz CT molecular complexity index is 822. The number of methoxy groups -OCH3 is 1. The Labute approximate surface area is 197 Å². The first-order valence-electron chi connectivity index (χ1n) is 9.87. The lowest BCUT2D eigenvalue weighted by molar-refractivity contribution is 0.0827. The van der Waals surface area contributed by atoms with Crippen LogP contribution >= 0.6 is 24.0 Å². The van der Waals surface area contributed by atoms with E-state index in [-0.39, 0.29) is 29.9 Å². The Hall–Kier alpha value is -2.29. The standard InChI is InChI=1S/C23H32N4O2.HI/c1-6-24-23(27(4)17-19-10-12-21(29-5)13-11-19)25-15-14-18-8-7-9-20(16-18)22(28)26(2)3;/h7-13,16H,6,14-15,17H2,1-5H3,(H,24,25);1H. The van der Waals surface area contributed by atoms with E-state index in [4.69, 9.17) is 9.73 Å². The van der Waals surface area contributed by atoms with Crippen molar-refractivity contribution in [1.82, 2.24) is 15.1 Å². The number of benzene rings is 2. The molecule has 1 N–H and O–H groups in total. The quantitative estimate of drug-likeness (QED) is 0.326. The molecule has 2 rings (SSSR count). The van der Waals surface area contributed by atoms with Gasteiger partial charge in [-0.05, 0) is 48.7 Å². The third-order valence-corrected chi connectivity index (χ3v) is 4.52. The Morgan fingerprint density at radius 3 is 2.37 bits per heavy atom. The van der Waals surface area contributed by atoms with E-state index in [0.717, 1.165) is 36.8 Å². The summed E-state index contributed by atoms with van der Waals surface area (Å²) in [5, 5.41) is 3.35. The first-order valence-corrected chi connectivity index (χ1v) is 9.87. The van der Waals surface area contributed by atoms with Gasteiger partial charge in [0, 0.05) is 46.3 Å². The van der Waals surface area contributed by atoms with E-state index in [1.165, 1.54) is 5.56 Å². The zero-order valence-corrected chi connectivity index (χ0v) is 20.8. The molecule has 30 heavy (non-hydrogen) atoms. The molecule has 0 fully saturated rings. The van der Waals surface area contributed by atoms with Gasteiger partial charge in [-0.2, -0.15) is 0 Å². The fraction of sp³-hybridized carbons (Fsp3) is 0.391. The average Bonchev–Trinajstić information content (AvgIpc) is 2.73. The molecule has 7 heteroatoms. The van der Waals surface area contributed by atoms with Gasteiger partial charge in [0.15, 0.2) is 5.96 Å². The van der Waals surface area contributed by atoms with Crippen molar-refractivity contribution in [3.8, 4) is 5.75 Å². The topological polar surface area (TPSA) is 57.2 Å². The number of nitrogens with zero attached hydrogens (tertiary/aromatic N) is 3. The number of hydrogen-bond acceptors (Lipinski definition) is 3. The van der Waals surface area contributed by atoms with Gasteiger partial charge in [-0.25, -0.2) is 0 Å². The Morgan fingerprint density at radius 1 is 1.07 bits per heavy atom. The molecule has 0 aliphatic carbocycles. The number of carbonyl (C=O) groups is 1. The van der Waals surface area contributed by atoms with Crippen LogP contribution in [0.4, 0.5) is 0 Å². The summed E-state index contributed by atoms with van der Waals surface area (Å²) in [4.78, 5) is 20.6. The van der Waals surface area contributed by atoms with Crippen molar-refractivity contribution >= 4 is 35.8 Å². The number of ether oxygens (including phenoxy) is 1. The van der Waals surface area contributed by atoms with Crippen molar-refractivity contribution in [2.75, 3.05) is 41.3 Å². The van der Waals surface area contributed by atoms with Crippen molar-refractivity contribution in [3.05, 3.63) is 65.2 Å². The predicted octanol–water partition coefficient (Wildman–Crippen LogP) is 3.66. The molecule has 2 aromatic carbocycles. The second kappa shape index (κ2) is 13.1. The molecule has 0 bridgehead atoms. The zero-order chi connectivity index (χ0) is 21.2. The highest BCUT2D eigenvalue weighted by Crippen LogP contribution is 2.13. The summed E-state index contributed by atoms with van der Waals surface area (Å²) in [6.45, 7) is 4.27. The second-order valence-electron chi connectivity index (χ2n) is 7.09. The molecule has 0 saturated heterocycles. The molecule has 0 saturated carbocycles. The van der Waals surface area contributed by atoms with E-state index in [1.54, 1.807) is 26.1 Å². The van der Waals surface area contributed by atoms with Crippen molar-refractivity contribution in [2.45, 2.75) is 19.9 Å². The summed E-state index contributed by atoms with van der Waals surface area (Å²) >= 11 is 0. The zero-order valence-electron chi connectivity index (χ0n) is 18.5. The lowest BCUT2D eigenvalue weighted by Crippen LogP contribution is -2.38. The number of nitrogens with one attached hydrogen (secondary N) is 1. The van der Waals surface area contributed by atoms with Crippen molar-refractivity contribution in [3.63, 3.8) is 0 Å². The molecule has 0 unspecified atom stereocenters. The average molecular weight is 524 g/mol. The minimum atomic E-state index is 0. The normalized spacial score (nSPS) is 10.8. The van der Waals surface area contributed by atoms with Gasteiger partial charge in [0.05, 0.1) is 7.11 Å².